The van der Waals surface area contributed by atoms with E-state index in [2.05, 4.69) is 12.1 Å². The van der Waals surface area contributed by atoms with Gasteiger partial charge < -0.3 is 4.79 Å². The first kappa shape index (κ1) is 16.5. The average Bonchev–Trinajstić information content (AvgIpc) is 2.68. The molecule has 2 nitrogen and oxygen atoms in total. The van der Waals surface area contributed by atoms with Crippen LogP contribution < -0.4 is 0 Å². The van der Waals surface area contributed by atoms with Crippen LogP contribution in [0.25, 0.3) is 0 Å². The van der Waals surface area contributed by atoms with E-state index in [1.54, 1.807) is 6.92 Å². The van der Waals surface area contributed by atoms with Crippen LogP contribution in [-0.4, -0.2) is 11.6 Å². The lowest BCUT2D eigenvalue weighted by Crippen LogP contribution is -2.25. The molecule has 1 atom stereocenters. The minimum atomic E-state index is -0.00796. The molecule has 2 heteroatoms. The molecule has 0 amide bonds. The third-order valence-electron chi connectivity index (χ3n) is 5.22. The van der Waals surface area contributed by atoms with E-state index in [-0.39, 0.29) is 23.4 Å². The normalized spacial score (nSPS) is 14.4. The van der Waals surface area contributed by atoms with Crippen LogP contribution >= 0.6 is 0 Å². The molecule has 0 aliphatic heterocycles. The molecule has 0 aromatic heterocycles. The van der Waals surface area contributed by atoms with Gasteiger partial charge in [-0.3, -0.25) is 4.79 Å². The molecule has 0 saturated heterocycles. The molecule has 3 aromatic rings. The molecule has 26 heavy (non-hydrogen) atoms. The fourth-order valence-electron chi connectivity index (χ4n) is 4.13. The highest BCUT2D eigenvalue weighted by Gasteiger charge is 2.36. The Hall–Kier alpha value is -3.00. The van der Waals surface area contributed by atoms with Gasteiger partial charge in [0.2, 0.25) is 0 Å². The summed E-state index contributed by atoms with van der Waals surface area (Å²) in [5, 5.41) is 0. The minimum absolute atomic E-state index is 0.00380. The maximum Gasteiger partial charge on any atom is 0.193 e. The Morgan fingerprint density at radius 2 is 1.31 bits per heavy atom. The molecule has 0 saturated carbocycles. The number of fused-ring (bicyclic) bond motifs is 2. The Morgan fingerprint density at radius 3 is 1.85 bits per heavy atom. The topological polar surface area (TPSA) is 34.1 Å². The predicted molar refractivity (Wildman–Crippen MR) is 103 cm³/mol. The fraction of sp³-hybridized carbons (Fsp3) is 0.167. The smallest absolute Gasteiger partial charge is 0.193 e. The molecule has 0 fully saturated rings. The first-order valence-corrected chi connectivity index (χ1v) is 8.93. The molecule has 1 aliphatic rings. The van der Waals surface area contributed by atoms with E-state index < -0.39 is 0 Å². The van der Waals surface area contributed by atoms with Gasteiger partial charge in [0.25, 0.3) is 0 Å². The first-order chi connectivity index (χ1) is 12.7. The number of carbonyl (C=O) groups is 2. The summed E-state index contributed by atoms with van der Waals surface area (Å²) >= 11 is 0. The van der Waals surface area contributed by atoms with Gasteiger partial charge in [-0.2, -0.15) is 0 Å². The molecule has 0 N–H and O–H groups in total. The van der Waals surface area contributed by atoms with Crippen molar-refractivity contribution < 1.29 is 9.59 Å². The molecule has 0 heterocycles. The zero-order valence-electron chi connectivity index (χ0n) is 14.7. The Labute approximate surface area is 153 Å². The van der Waals surface area contributed by atoms with Crippen molar-refractivity contribution in [3.63, 3.8) is 0 Å². The van der Waals surface area contributed by atoms with E-state index in [1.165, 1.54) is 0 Å². The molecule has 3 aromatic carbocycles. The molecule has 1 aliphatic carbocycles. The van der Waals surface area contributed by atoms with Crippen LogP contribution in [0.15, 0.2) is 78.9 Å². The number of hydrogen-bond donors (Lipinski definition) is 0. The summed E-state index contributed by atoms with van der Waals surface area (Å²) in [5.41, 5.74) is 4.67. The number of hydrogen-bond acceptors (Lipinski definition) is 2. The number of rotatable bonds is 4. The molecule has 0 unspecified atom stereocenters. The lowest BCUT2D eigenvalue weighted by atomic mass is 9.68. The van der Waals surface area contributed by atoms with E-state index >= 15 is 0 Å². The molecule has 0 spiro atoms. The Balaban J connectivity index is 1.95. The Kier molecular flexibility index (Phi) is 4.26. The van der Waals surface area contributed by atoms with Crippen LogP contribution in [0.2, 0.25) is 0 Å². The number of benzene rings is 3. The van der Waals surface area contributed by atoms with E-state index in [0.29, 0.717) is 6.42 Å². The minimum Gasteiger partial charge on any atom is -0.300 e. The van der Waals surface area contributed by atoms with Gasteiger partial charge >= 0.3 is 0 Å². The van der Waals surface area contributed by atoms with Crippen LogP contribution in [0.5, 0.6) is 0 Å². The Bertz CT molecular complexity index is 923. The highest BCUT2D eigenvalue weighted by Crippen LogP contribution is 2.46. The molecule has 4 rings (SSSR count). The summed E-state index contributed by atoms with van der Waals surface area (Å²) in [6, 6.07) is 25.8. The van der Waals surface area contributed by atoms with E-state index in [4.69, 9.17) is 0 Å². The standard InChI is InChI=1S/C24H20O2/c1-16(25)15-22(17-9-3-2-4-10-17)23-18-11-5-7-13-20(18)24(26)21-14-8-6-12-19(21)23/h2-14,22-23H,15H2,1H3/t22-/m1/s1. The highest BCUT2D eigenvalue weighted by molar-refractivity contribution is 6.12. The van der Waals surface area contributed by atoms with Gasteiger partial charge in [0, 0.05) is 29.4 Å². The van der Waals surface area contributed by atoms with Gasteiger partial charge in [-0.05, 0) is 23.6 Å². The molecular formula is C24H20O2. The molecule has 0 radical (unpaired) electrons. The lowest BCUT2D eigenvalue weighted by molar-refractivity contribution is -0.117. The van der Waals surface area contributed by atoms with Crippen molar-refractivity contribution in [3.8, 4) is 0 Å². The summed E-state index contributed by atoms with van der Waals surface area (Å²) in [5.74, 6) is 0.225. The van der Waals surface area contributed by atoms with Crippen molar-refractivity contribution in [2.75, 3.05) is 0 Å². The number of ketones is 2. The van der Waals surface area contributed by atoms with Gasteiger partial charge in [-0.25, -0.2) is 0 Å². The summed E-state index contributed by atoms with van der Waals surface area (Å²) in [7, 11) is 0. The van der Waals surface area contributed by atoms with Gasteiger partial charge in [0.1, 0.15) is 5.78 Å². The van der Waals surface area contributed by atoms with Crippen LogP contribution in [0, 0.1) is 0 Å². The number of Topliss-reactive ketones (excluding diaryl/α,β-unsaturated/α-hetero) is 1. The van der Waals surface area contributed by atoms with Crippen molar-refractivity contribution in [2.45, 2.75) is 25.2 Å². The predicted octanol–water partition coefficient (Wildman–Crippen LogP) is 5.13. The quantitative estimate of drug-likeness (QED) is 0.660. The second kappa shape index (κ2) is 6.72. The fourth-order valence-corrected chi connectivity index (χ4v) is 4.13. The monoisotopic (exact) mass is 340 g/mol. The zero-order valence-corrected chi connectivity index (χ0v) is 14.7. The second-order valence-electron chi connectivity index (χ2n) is 6.90. The van der Waals surface area contributed by atoms with Crippen LogP contribution in [0.1, 0.15) is 57.8 Å². The zero-order chi connectivity index (χ0) is 18.1. The van der Waals surface area contributed by atoms with Crippen LogP contribution in [-0.2, 0) is 4.79 Å². The maximum absolute atomic E-state index is 13.0. The molecular weight excluding hydrogens is 320 g/mol. The van der Waals surface area contributed by atoms with Gasteiger partial charge in [-0.15, -0.1) is 0 Å². The SMILES string of the molecule is CC(=O)C[C@H](c1ccccc1)C1c2ccccc2C(=O)c2ccccc21. The summed E-state index contributed by atoms with van der Waals surface area (Å²) in [6.45, 7) is 1.64. The maximum atomic E-state index is 13.0. The third-order valence-corrected chi connectivity index (χ3v) is 5.22. The van der Waals surface area contributed by atoms with Crippen molar-refractivity contribution >= 4 is 11.6 Å². The summed E-state index contributed by atoms with van der Waals surface area (Å²) in [4.78, 5) is 25.1. The van der Waals surface area contributed by atoms with E-state index in [9.17, 15) is 9.59 Å². The van der Waals surface area contributed by atoms with E-state index in [0.717, 1.165) is 27.8 Å². The highest BCUT2D eigenvalue weighted by atomic mass is 16.1. The van der Waals surface area contributed by atoms with Crippen molar-refractivity contribution in [1.82, 2.24) is 0 Å². The largest absolute Gasteiger partial charge is 0.300 e. The third kappa shape index (κ3) is 2.78. The van der Waals surface area contributed by atoms with Gasteiger partial charge in [-0.1, -0.05) is 78.9 Å². The van der Waals surface area contributed by atoms with Crippen molar-refractivity contribution in [1.29, 1.82) is 0 Å². The van der Waals surface area contributed by atoms with Crippen LogP contribution in [0.4, 0.5) is 0 Å². The molecule has 0 bridgehead atoms. The lowest BCUT2D eigenvalue weighted by Gasteiger charge is -2.33. The Morgan fingerprint density at radius 1 is 0.808 bits per heavy atom. The second-order valence-corrected chi connectivity index (χ2v) is 6.90. The summed E-state index contributed by atoms with van der Waals surface area (Å²) < 4.78 is 0. The van der Waals surface area contributed by atoms with E-state index in [1.807, 2.05) is 66.7 Å². The van der Waals surface area contributed by atoms with Gasteiger partial charge in [0.05, 0.1) is 0 Å². The number of carbonyl (C=O) groups excluding carboxylic acids is 2. The molecule has 128 valence electrons. The van der Waals surface area contributed by atoms with Crippen molar-refractivity contribution in [3.05, 3.63) is 107 Å². The first-order valence-electron chi connectivity index (χ1n) is 8.93. The van der Waals surface area contributed by atoms with Crippen LogP contribution in [0.3, 0.4) is 0 Å². The summed E-state index contributed by atoms with van der Waals surface area (Å²) in [6.07, 6.45) is 0.450. The average molecular weight is 340 g/mol. The van der Waals surface area contributed by atoms with Gasteiger partial charge in [0.15, 0.2) is 5.78 Å². The van der Waals surface area contributed by atoms with Crippen molar-refractivity contribution in [2.24, 2.45) is 0 Å².